The molecular weight excluding hydrogens is 280 g/mol. The van der Waals surface area contributed by atoms with Crippen molar-refractivity contribution in [2.24, 2.45) is 0 Å². The molecule has 0 aromatic heterocycles. The van der Waals surface area contributed by atoms with Crippen LogP contribution in [0.4, 0.5) is 0 Å². The van der Waals surface area contributed by atoms with E-state index in [-0.39, 0.29) is 11.9 Å². The lowest BCUT2D eigenvalue weighted by Gasteiger charge is -2.12. The van der Waals surface area contributed by atoms with E-state index < -0.39 is 0 Å². The van der Waals surface area contributed by atoms with Gasteiger partial charge in [-0.3, -0.25) is 0 Å². The van der Waals surface area contributed by atoms with Crippen LogP contribution in [0.25, 0.3) is 11.1 Å². The molecule has 0 bridgehead atoms. The van der Waals surface area contributed by atoms with Crippen LogP contribution < -0.4 is 0 Å². The Morgan fingerprint density at radius 3 is 2.14 bits per heavy atom. The van der Waals surface area contributed by atoms with Gasteiger partial charge in [-0.25, -0.2) is 9.59 Å². The Bertz CT molecular complexity index is 732. The standard InChI is InChI=1S/C18H18O4/c1-11-6-5-7-15(16(11)18(20)22-4)13-8-9-14(12(2)10-13)17(19)21-3/h5-10H,1-4H3. The van der Waals surface area contributed by atoms with Crippen molar-refractivity contribution in [2.45, 2.75) is 13.8 Å². The van der Waals surface area contributed by atoms with Gasteiger partial charge in [0.15, 0.2) is 0 Å². The predicted molar refractivity (Wildman–Crippen MR) is 84.0 cm³/mol. The molecule has 4 heteroatoms. The fraction of sp³-hybridized carbons (Fsp3) is 0.222. The number of aryl methyl sites for hydroxylation is 2. The normalized spacial score (nSPS) is 10.2. The number of carbonyl (C=O) groups excluding carboxylic acids is 2. The maximum absolute atomic E-state index is 12.0. The lowest BCUT2D eigenvalue weighted by Crippen LogP contribution is -2.07. The van der Waals surface area contributed by atoms with Gasteiger partial charge < -0.3 is 9.47 Å². The lowest BCUT2D eigenvalue weighted by atomic mass is 9.93. The third kappa shape index (κ3) is 2.86. The quantitative estimate of drug-likeness (QED) is 0.813. The summed E-state index contributed by atoms with van der Waals surface area (Å²) in [4.78, 5) is 23.7. The van der Waals surface area contributed by atoms with Crippen molar-refractivity contribution in [1.29, 1.82) is 0 Å². The molecule has 0 N–H and O–H groups in total. The molecule has 114 valence electrons. The van der Waals surface area contributed by atoms with Crippen LogP contribution >= 0.6 is 0 Å². The highest BCUT2D eigenvalue weighted by molar-refractivity contribution is 5.99. The van der Waals surface area contributed by atoms with Crippen LogP contribution in [0.5, 0.6) is 0 Å². The molecule has 0 fully saturated rings. The van der Waals surface area contributed by atoms with Crippen molar-refractivity contribution in [3.05, 3.63) is 58.7 Å². The highest BCUT2D eigenvalue weighted by Crippen LogP contribution is 2.28. The molecule has 0 atom stereocenters. The van der Waals surface area contributed by atoms with E-state index in [1.54, 1.807) is 12.1 Å². The molecule has 0 heterocycles. The Kier molecular flexibility index (Phi) is 4.61. The van der Waals surface area contributed by atoms with Crippen molar-refractivity contribution < 1.29 is 19.1 Å². The van der Waals surface area contributed by atoms with Gasteiger partial charge in [-0.2, -0.15) is 0 Å². The molecule has 0 saturated heterocycles. The number of hydrogen-bond donors (Lipinski definition) is 0. The molecule has 2 aromatic rings. The van der Waals surface area contributed by atoms with E-state index in [9.17, 15) is 9.59 Å². The molecule has 0 aliphatic heterocycles. The second kappa shape index (κ2) is 6.43. The van der Waals surface area contributed by atoms with Gasteiger partial charge in [0, 0.05) is 0 Å². The Balaban J connectivity index is 2.58. The molecular formula is C18H18O4. The summed E-state index contributed by atoms with van der Waals surface area (Å²) in [6.07, 6.45) is 0. The molecule has 22 heavy (non-hydrogen) atoms. The highest BCUT2D eigenvalue weighted by atomic mass is 16.5. The molecule has 2 aromatic carbocycles. The minimum atomic E-state index is -0.374. The topological polar surface area (TPSA) is 52.6 Å². The first-order valence-corrected chi connectivity index (χ1v) is 6.87. The van der Waals surface area contributed by atoms with E-state index in [0.717, 1.165) is 22.3 Å². The number of methoxy groups -OCH3 is 2. The van der Waals surface area contributed by atoms with Gasteiger partial charge in [-0.1, -0.05) is 30.3 Å². The van der Waals surface area contributed by atoms with Crippen LogP contribution in [0.3, 0.4) is 0 Å². The van der Waals surface area contributed by atoms with Crippen LogP contribution in [0.1, 0.15) is 31.8 Å². The first-order valence-electron chi connectivity index (χ1n) is 6.87. The van der Waals surface area contributed by atoms with Crippen molar-refractivity contribution in [2.75, 3.05) is 14.2 Å². The smallest absolute Gasteiger partial charge is 0.338 e. The second-order valence-corrected chi connectivity index (χ2v) is 5.01. The second-order valence-electron chi connectivity index (χ2n) is 5.01. The largest absolute Gasteiger partial charge is 0.465 e. The molecule has 0 aliphatic rings. The van der Waals surface area contributed by atoms with Crippen LogP contribution in [0.2, 0.25) is 0 Å². The van der Waals surface area contributed by atoms with Gasteiger partial charge in [0.25, 0.3) is 0 Å². The molecule has 4 nitrogen and oxygen atoms in total. The Labute approximate surface area is 129 Å². The van der Waals surface area contributed by atoms with Gasteiger partial charge >= 0.3 is 11.9 Å². The van der Waals surface area contributed by atoms with Gasteiger partial charge in [0.2, 0.25) is 0 Å². The number of rotatable bonds is 3. The third-order valence-electron chi connectivity index (χ3n) is 3.61. The monoisotopic (exact) mass is 298 g/mol. The molecule has 0 amide bonds. The number of carbonyl (C=O) groups is 2. The average molecular weight is 298 g/mol. The van der Waals surface area contributed by atoms with Gasteiger partial charge in [0.1, 0.15) is 0 Å². The van der Waals surface area contributed by atoms with E-state index in [2.05, 4.69) is 0 Å². The molecule has 0 saturated carbocycles. The number of esters is 2. The van der Waals surface area contributed by atoms with E-state index in [1.165, 1.54) is 14.2 Å². The zero-order valence-corrected chi connectivity index (χ0v) is 13.1. The summed E-state index contributed by atoms with van der Waals surface area (Å²) in [5.41, 5.74) is 4.33. The minimum absolute atomic E-state index is 0.372. The van der Waals surface area contributed by atoms with E-state index in [4.69, 9.17) is 9.47 Å². The van der Waals surface area contributed by atoms with Crippen LogP contribution in [-0.2, 0) is 9.47 Å². The summed E-state index contributed by atoms with van der Waals surface area (Å²) in [7, 11) is 2.72. The summed E-state index contributed by atoms with van der Waals surface area (Å²) >= 11 is 0. The zero-order chi connectivity index (χ0) is 16.3. The van der Waals surface area contributed by atoms with Gasteiger partial charge in [0.05, 0.1) is 25.3 Å². The van der Waals surface area contributed by atoms with Crippen LogP contribution in [-0.4, -0.2) is 26.2 Å². The summed E-state index contributed by atoms with van der Waals surface area (Å²) in [6.45, 7) is 3.70. The van der Waals surface area contributed by atoms with Gasteiger partial charge in [-0.15, -0.1) is 0 Å². The van der Waals surface area contributed by atoms with Crippen molar-refractivity contribution in [3.8, 4) is 11.1 Å². The van der Waals surface area contributed by atoms with E-state index in [1.807, 2.05) is 38.1 Å². The van der Waals surface area contributed by atoms with E-state index in [0.29, 0.717) is 11.1 Å². The Morgan fingerprint density at radius 2 is 1.55 bits per heavy atom. The van der Waals surface area contributed by atoms with Crippen LogP contribution in [0.15, 0.2) is 36.4 Å². The predicted octanol–water partition coefficient (Wildman–Crippen LogP) is 3.54. The third-order valence-corrected chi connectivity index (χ3v) is 3.61. The van der Waals surface area contributed by atoms with Crippen LogP contribution in [0, 0.1) is 13.8 Å². The molecule has 0 aliphatic carbocycles. The minimum Gasteiger partial charge on any atom is -0.465 e. The number of hydrogen-bond acceptors (Lipinski definition) is 4. The highest BCUT2D eigenvalue weighted by Gasteiger charge is 2.17. The van der Waals surface area contributed by atoms with Gasteiger partial charge in [-0.05, 0) is 42.2 Å². The average Bonchev–Trinajstić information content (AvgIpc) is 2.53. The lowest BCUT2D eigenvalue weighted by molar-refractivity contribution is 0.0591. The maximum atomic E-state index is 12.0. The van der Waals surface area contributed by atoms with Crippen molar-refractivity contribution in [3.63, 3.8) is 0 Å². The first-order chi connectivity index (χ1) is 10.5. The van der Waals surface area contributed by atoms with Crippen molar-refractivity contribution in [1.82, 2.24) is 0 Å². The SMILES string of the molecule is COC(=O)c1ccc(-c2cccc(C)c2C(=O)OC)cc1C. The molecule has 2 rings (SSSR count). The fourth-order valence-corrected chi connectivity index (χ4v) is 2.45. The summed E-state index contributed by atoms with van der Waals surface area (Å²) < 4.78 is 9.62. The summed E-state index contributed by atoms with van der Waals surface area (Å²) in [5.74, 6) is -0.746. The zero-order valence-electron chi connectivity index (χ0n) is 13.1. The fourth-order valence-electron chi connectivity index (χ4n) is 2.45. The number of ether oxygens (including phenoxy) is 2. The Morgan fingerprint density at radius 1 is 0.864 bits per heavy atom. The molecule has 0 unspecified atom stereocenters. The maximum Gasteiger partial charge on any atom is 0.338 e. The molecule has 0 spiro atoms. The summed E-state index contributed by atoms with van der Waals surface area (Å²) in [5, 5.41) is 0. The Hall–Kier alpha value is -2.62. The van der Waals surface area contributed by atoms with Crippen molar-refractivity contribution >= 4 is 11.9 Å². The molecule has 0 radical (unpaired) electrons. The summed E-state index contributed by atoms with van der Waals surface area (Å²) in [6, 6.07) is 11.0. The van der Waals surface area contributed by atoms with E-state index >= 15 is 0 Å². The number of benzene rings is 2. The first kappa shape index (κ1) is 15.8.